The van der Waals surface area contributed by atoms with E-state index in [9.17, 15) is 0 Å². The Morgan fingerprint density at radius 2 is 2.12 bits per heavy atom. The molecule has 0 aliphatic carbocycles. The van der Waals surface area contributed by atoms with E-state index in [1.165, 1.54) is 0 Å². The molecule has 0 rings (SSSR count). The van der Waals surface area contributed by atoms with Crippen LogP contribution < -0.4 is 5.43 Å². The normalized spacial score (nSPS) is 7.75. The van der Waals surface area contributed by atoms with Crippen molar-refractivity contribution < 1.29 is 5.11 Å². The third-order valence-electron chi connectivity index (χ3n) is 0.409. The van der Waals surface area contributed by atoms with Crippen molar-refractivity contribution in [3.05, 3.63) is 12.5 Å². The first-order valence-electron chi connectivity index (χ1n) is 2.27. The van der Waals surface area contributed by atoms with E-state index in [1.54, 1.807) is 0 Å². The Morgan fingerprint density at radius 3 is 2.25 bits per heavy atom. The molecule has 0 radical (unpaired) electrons. The van der Waals surface area contributed by atoms with Gasteiger partial charge in [-0.2, -0.15) is 5.10 Å². The minimum Gasteiger partial charge on any atom is -0.494 e. The number of aliphatic hydroxyl groups is 1. The summed E-state index contributed by atoms with van der Waals surface area (Å²) in [5.74, 6) is -0.133. The number of hydrogen-bond donors (Lipinski definition) is 2. The number of hydrazone groups is 1. The minimum absolute atomic E-state index is 0.133. The molecule has 0 aromatic rings. The van der Waals surface area contributed by atoms with Crippen LogP contribution >= 0.6 is 0 Å². The summed E-state index contributed by atoms with van der Waals surface area (Å²) in [6.45, 7) is 6.80. The van der Waals surface area contributed by atoms with Crippen LogP contribution in [0.5, 0.6) is 0 Å². The molecular weight excluding hydrogens is 104 g/mol. The molecule has 3 nitrogen and oxygen atoms in total. The average Bonchev–Trinajstić information content (AvgIpc) is 1.61. The summed E-state index contributed by atoms with van der Waals surface area (Å²) < 4.78 is 0. The van der Waals surface area contributed by atoms with Gasteiger partial charge in [0.05, 0.1) is 0 Å². The molecule has 0 aromatic carbocycles. The van der Waals surface area contributed by atoms with Crippen LogP contribution in [0.2, 0.25) is 0 Å². The average molecular weight is 114 g/mol. The first-order chi connectivity index (χ1) is 3.63. The number of hydrogen-bond acceptors (Lipinski definition) is 3. The van der Waals surface area contributed by atoms with Gasteiger partial charge in [0.2, 0.25) is 0 Å². The minimum atomic E-state index is -0.133. The second-order valence-electron chi connectivity index (χ2n) is 1.62. The Labute approximate surface area is 48.7 Å². The zero-order chi connectivity index (χ0) is 6.57. The van der Waals surface area contributed by atoms with Crippen molar-refractivity contribution in [2.45, 2.75) is 13.8 Å². The second kappa shape index (κ2) is 3.07. The fourth-order valence-electron chi connectivity index (χ4n) is 0.176. The molecular formula is C5H10N2O. The number of aliphatic hydroxyl groups excluding tert-OH is 1. The Morgan fingerprint density at radius 1 is 1.62 bits per heavy atom. The lowest BCUT2D eigenvalue weighted by molar-refractivity contribution is 0.371. The van der Waals surface area contributed by atoms with E-state index in [-0.39, 0.29) is 5.88 Å². The van der Waals surface area contributed by atoms with Gasteiger partial charge < -0.3 is 5.11 Å². The highest BCUT2D eigenvalue weighted by atomic mass is 16.3. The zero-order valence-corrected chi connectivity index (χ0v) is 5.10. The summed E-state index contributed by atoms with van der Waals surface area (Å²) in [7, 11) is 0. The van der Waals surface area contributed by atoms with Gasteiger partial charge in [-0.1, -0.05) is 0 Å². The van der Waals surface area contributed by atoms with Gasteiger partial charge in [-0.3, -0.25) is 0 Å². The van der Waals surface area contributed by atoms with Crippen molar-refractivity contribution in [1.29, 1.82) is 0 Å². The first kappa shape index (κ1) is 7.01. The third-order valence-corrected chi connectivity index (χ3v) is 0.409. The molecule has 0 atom stereocenters. The molecule has 0 bridgehead atoms. The van der Waals surface area contributed by atoms with Gasteiger partial charge in [0, 0.05) is 5.71 Å². The van der Waals surface area contributed by atoms with E-state index in [1.807, 2.05) is 13.8 Å². The predicted molar refractivity (Wildman–Crippen MR) is 33.7 cm³/mol. The van der Waals surface area contributed by atoms with E-state index in [2.05, 4.69) is 17.1 Å². The molecule has 0 heterocycles. The molecule has 8 heavy (non-hydrogen) atoms. The first-order valence-corrected chi connectivity index (χ1v) is 2.27. The van der Waals surface area contributed by atoms with Gasteiger partial charge in [0.1, 0.15) is 0 Å². The monoisotopic (exact) mass is 114 g/mol. The molecule has 3 heteroatoms. The molecule has 0 aliphatic rings. The maximum atomic E-state index is 8.39. The van der Waals surface area contributed by atoms with Crippen molar-refractivity contribution in [2.24, 2.45) is 5.10 Å². The highest BCUT2D eigenvalue weighted by Gasteiger charge is 1.78. The van der Waals surface area contributed by atoms with Crippen molar-refractivity contribution in [2.75, 3.05) is 0 Å². The van der Waals surface area contributed by atoms with Crippen molar-refractivity contribution in [3.8, 4) is 0 Å². The summed E-state index contributed by atoms with van der Waals surface area (Å²) in [5, 5.41) is 12.0. The van der Waals surface area contributed by atoms with Crippen LogP contribution in [0.25, 0.3) is 0 Å². The summed E-state index contributed by atoms with van der Waals surface area (Å²) in [5.41, 5.74) is 3.14. The summed E-state index contributed by atoms with van der Waals surface area (Å²) in [6.07, 6.45) is 0. The topological polar surface area (TPSA) is 44.6 Å². The van der Waals surface area contributed by atoms with Crippen LogP contribution in [0.3, 0.4) is 0 Å². The van der Waals surface area contributed by atoms with E-state index in [0.29, 0.717) is 0 Å². The Balaban J connectivity index is 3.45. The molecule has 0 saturated carbocycles. The van der Waals surface area contributed by atoms with Crippen LogP contribution in [0.1, 0.15) is 13.8 Å². The Bertz CT molecular complexity index is 114. The third kappa shape index (κ3) is 5.01. The lowest BCUT2D eigenvalue weighted by Gasteiger charge is -1.93. The Hall–Kier alpha value is -0.990. The lowest BCUT2D eigenvalue weighted by atomic mass is 10.5. The smallest absolute Gasteiger partial charge is 0.197 e. The van der Waals surface area contributed by atoms with Gasteiger partial charge >= 0.3 is 0 Å². The number of nitrogens with one attached hydrogen (secondary N) is 1. The summed E-state index contributed by atoms with van der Waals surface area (Å²) >= 11 is 0. The summed E-state index contributed by atoms with van der Waals surface area (Å²) in [6, 6.07) is 0. The molecule has 0 fully saturated rings. The van der Waals surface area contributed by atoms with Crippen LogP contribution in [0.4, 0.5) is 0 Å². The molecule has 2 N–H and O–H groups in total. The maximum absolute atomic E-state index is 8.39. The number of rotatable bonds is 2. The van der Waals surface area contributed by atoms with E-state index >= 15 is 0 Å². The van der Waals surface area contributed by atoms with Crippen LogP contribution in [-0.2, 0) is 0 Å². The van der Waals surface area contributed by atoms with Gasteiger partial charge in [0.25, 0.3) is 0 Å². The van der Waals surface area contributed by atoms with Crippen LogP contribution in [-0.4, -0.2) is 10.8 Å². The Kier molecular flexibility index (Phi) is 2.69. The van der Waals surface area contributed by atoms with Crippen molar-refractivity contribution in [1.82, 2.24) is 5.43 Å². The largest absolute Gasteiger partial charge is 0.494 e. The van der Waals surface area contributed by atoms with Gasteiger partial charge in [-0.15, -0.1) is 0 Å². The molecule has 0 spiro atoms. The fourth-order valence-corrected chi connectivity index (χ4v) is 0.176. The number of nitrogens with zero attached hydrogens (tertiary/aromatic N) is 1. The standard InChI is InChI=1S/C5H10N2O/c1-4(2)6-7-5(3)8/h7-8H,3H2,1-2H3. The molecule has 0 amide bonds. The van der Waals surface area contributed by atoms with Gasteiger partial charge in [-0.25, -0.2) is 5.43 Å². The van der Waals surface area contributed by atoms with Crippen LogP contribution in [0, 0.1) is 0 Å². The van der Waals surface area contributed by atoms with Crippen LogP contribution in [0.15, 0.2) is 17.6 Å². The molecule has 0 aromatic heterocycles. The van der Waals surface area contributed by atoms with Crippen molar-refractivity contribution in [3.63, 3.8) is 0 Å². The SMILES string of the molecule is C=C(O)NN=C(C)C. The maximum Gasteiger partial charge on any atom is 0.197 e. The van der Waals surface area contributed by atoms with Gasteiger partial charge in [-0.05, 0) is 20.4 Å². The van der Waals surface area contributed by atoms with E-state index in [0.717, 1.165) is 5.71 Å². The molecule has 0 saturated heterocycles. The highest BCUT2D eigenvalue weighted by Crippen LogP contribution is 1.74. The van der Waals surface area contributed by atoms with Crippen molar-refractivity contribution >= 4 is 5.71 Å². The molecule has 46 valence electrons. The lowest BCUT2D eigenvalue weighted by Crippen LogP contribution is -2.04. The highest BCUT2D eigenvalue weighted by molar-refractivity contribution is 5.78. The zero-order valence-electron chi connectivity index (χ0n) is 5.10. The summed E-state index contributed by atoms with van der Waals surface area (Å²) in [4.78, 5) is 0. The molecule has 0 aliphatic heterocycles. The quantitative estimate of drug-likeness (QED) is 0.319. The van der Waals surface area contributed by atoms with E-state index in [4.69, 9.17) is 5.11 Å². The fraction of sp³-hybridized carbons (Fsp3) is 0.400. The second-order valence-corrected chi connectivity index (χ2v) is 1.62. The predicted octanol–water partition coefficient (Wildman–Crippen LogP) is 1.00. The molecule has 0 unspecified atom stereocenters. The van der Waals surface area contributed by atoms with E-state index < -0.39 is 0 Å². The van der Waals surface area contributed by atoms with Gasteiger partial charge in [0.15, 0.2) is 5.88 Å².